The normalized spacial score (nSPS) is 11.9. The minimum absolute atomic E-state index is 0.00912. The van der Waals surface area contributed by atoms with Crippen molar-refractivity contribution >= 4 is 0 Å². The first-order valence-corrected chi connectivity index (χ1v) is 3.05. The SMILES string of the molecule is CC(C)(CO)c1ncno1. The monoisotopic (exact) mass is 142 g/mol. The zero-order valence-corrected chi connectivity index (χ0v) is 6.03. The maximum Gasteiger partial charge on any atom is 0.234 e. The van der Waals surface area contributed by atoms with Gasteiger partial charge in [0.2, 0.25) is 5.89 Å². The summed E-state index contributed by atoms with van der Waals surface area (Å²) in [6.45, 7) is 3.68. The van der Waals surface area contributed by atoms with E-state index in [1.54, 1.807) is 0 Å². The molecule has 0 saturated carbocycles. The largest absolute Gasteiger partial charge is 0.395 e. The van der Waals surface area contributed by atoms with Crippen molar-refractivity contribution in [1.29, 1.82) is 0 Å². The number of rotatable bonds is 2. The summed E-state index contributed by atoms with van der Waals surface area (Å²) in [5, 5.41) is 12.3. The maximum atomic E-state index is 8.84. The van der Waals surface area contributed by atoms with Crippen molar-refractivity contribution in [3.63, 3.8) is 0 Å². The molecule has 0 fully saturated rings. The Bertz CT molecular complexity index is 194. The van der Waals surface area contributed by atoms with E-state index in [-0.39, 0.29) is 6.61 Å². The topological polar surface area (TPSA) is 59.2 Å². The van der Waals surface area contributed by atoms with Crippen LogP contribution in [0.4, 0.5) is 0 Å². The van der Waals surface area contributed by atoms with Gasteiger partial charge in [-0.3, -0.25) is 0 Å². The molecule has 4 nitrogen and oxygen atoms in total. The van der Waals surface area contributed by atoms with Gasteiger partial charge in [0.05, 0.1) is 12.0 Å². The summed E-state index contributed by atoms with van der Waals surface area (Å²) in [5.41, 5.74) is -0.420. The summed E-state index contributed by atoms with van der Waals surface area (Å²) in [5.74, 6) is 0.468. The fourth-order valence-electron chi connectivity index (χ4n) is 0.539. The zero-order valence-electron chi connectivity index (χ0n) is 6.03. The third-order valence-corrected chi connectivity index (χ3v) is 1.34. The van der Waals surface area contributed by atoms with Crippen molar-refractivity contribution in [1.82, 2.24) is 10.1 Å². The number of hydrogen-bond acceptors (Lipinski definition) is 4. The van der Waals surface area contributed by atoms with Crippen LogP contribution >= 0.6 is 0 Å². The van der Waals surface area contributed by atoms with E-state index in [9.17, 15) is 0 Å². The Kier molecular flexibility index (Phi) is 1.72. The predicted octanol–water partition coefficient (Wildman–Crippen LogP) is 0.339. The van der Waals surface area contributed by atoms with Crippen LogP contribution in [0.3, 0.4) is 0 Å². The summed E-state index contributed by atoms with van der Waals surface area (Å²) >= 11 is 0. The van der Waals surface area contributed by atoms with Crippen LogP contribution in [0.1, 0.15) is 19.7 Å². The minimum atomic E-state index is -0.420. The van der Waals surface area contributed by atoms with Crippen molar-refractivity contribution in [2.75, 3.05) is 6.61 Å². The summed E-state index contributed by atoms with van der Waals surface area (Å²) < 4.78 is 4.77. The van der Waals surface area contributed by atoms with E-state index < -0.39 is 5.41 Å². The van der Waals surface area contributed by atoms with Gasteiger partial charge in [0.25, 0.3) is 0 Å². The Hall–Kier alpha value is -0.900. The van der Waals surface area contributed by atoms with Gasteiger partial charge in [-0.25, -0.2) is 0 Å². The Balaban J connectivity index is 2.85. The van der Waals surface area contributed by atoms with E-state index in [0.717, 1.165) is 0 Å². The molecule has 0 unspecified atom stereocenters. The molecule has 0 spiro atoms. The van der Waals surface area contributed by atoms with Crippen LogP contribution in [0.25, 0.3) is 0 Å². The van der Waals surface area contributed by atoms with E-state index in [0.29, 0.717) is 5.89 Å². The first kappa shape index (κ1) is 7.21. The molecule has 0 aliphatic carbocycles. The van der Waals surface area contributed by atoms with Crippen LogP contribution in [-0.2, 0) is 5.41 Å². The average molecular weight is 142 g/mol. The molecule has 1 aromatic heterocycles. The highest BCUT2D eigenvalue weighted by molar-refractivity contribution is 4.96. The second-order valence-corrected chi connectivity index (χ2v) is 2.79. The van der Waals surface area contributed by atoms with E-state index in [4.69, 9.17) is 9.63 Å². The molecule has 1 aromatic rings. The second-order valence-electron chi connectivity index (χ2n) is 2.79. The lowest BCUT2D eigenvalue weighted by Crippen LogP contribution is -2.22. The summed E-state index contributed by atoms with van der Waals surface area (Å²) in [6.07, 6.45) is 1.33. The van der Waals surface area contributed by atoms with E-state index in [2.05, 4.69) is 10.1 Å². The van der Waals surface area contributed by atoms with Gasteiger partial charge in [-0.2, -0.15) is 4.98 Å². The second kappa shape index (κ2) is 2.38. The molecule has 0 bridgehead atoms. The van der Waals surface area contributed by atoms with Crippen LogP contribution in [0.2, 0.25) is 0 Å². The Morgan fingerprint density at radius 1 is 1.70 bits per heavy atom. The molecule has 0 aromatic carbocycles. The molecule has 1 N–H and O–H groups in total. The number of hydrogen-bond donors (Lipinski definition) is 1. The fraction of sp³-hybridized carbons (Fsp3) is 0.667. The van der Waals surface area contributed by atoms with Gasteiger partial charge in [-0.05, 0) is 13.8 Å². The molecule has 0 aliphatic rings. The minimum Gasteiger partial charge on any atom is -0.395 e. The van der Waals surface area contributed by atoms with E-state index in [1.807, 2.05) is 13.8 Å². The maximum absolute atomic E-state index is 8.84. The number of aromatic nitrogens is 2. The van der Waals surface area contributed by atoms with E-state index in [1.165, 1.54) is 6.33 Å². The first-order valence-electron chi connectivity index (χ1n) is 3.05. The Labute approximate surface area is 58.9 Å². The lowest BCUT2D eigenvalue weighted by Gasteiger charge is -2.14. The van der Waals surface area contributed by atoms with Crippen molar-refractivity contribution in [2.24, 2.45) is 0 Å². The quantitative estimate of drug-likeness (QED) is 0.646. The van der Waals surface area contributed by atoms with Crippen LogP contribution in [0.15, 0.2) is 10.9 Å². The van der Waals surface area contributed by atoms with Crippen molar-refractivity contribution in [3.8, 4) is 0 Å². The summed E-state index contributed by atoms with van der Waals surface area (Å²) in [7, 11) is 0. The van der Waals surface area contributed by atoms with Crippen molar-refractivity contribution < 1.29 is 9.63 Å². The molecule has 4 heteroatoms. The molecular weight excluding hydrogens is 132 g/mol. The third-order valence-electron chi connectivity index (χ3n) is 1.34. The third kappa shape index (κ3) is 1.16. The number of aliphatic hydroxyl groups is 1. The highest BCUT2D eigenvalue weighted by Crippen LogP contribution is 2.18. The number of aliphatic hydroxyl groups excluding tert-OH is 1. The van der Waals surface area contributed by atoms with Crippen LogP contribution in [0, 0.1) is 0 Å². The van der Waals surface area contributed by atoms with Gasteiger partial charge in [-0.15, -0.1) is 0 Å². The van der Waals surface area contributed by atoms with Crippen LogP contribution in [-0.4, -0.2) is 21.9 Å². The van der Waals surface area contributed by atoms with Gasteiger partial charge < -0.3 is 9.63 Å². The van der Waals surface area contributed by atoms with Gasteiger partial charge in [0.1, 0.15) is 0 Å². The lowest BCUT2D eigenvalue weighted by atomic mass is 9.95. The molecule has 10 heavy (non-hydrogen) atoms. The fourth-order valence-corrected chi connectivity index (χ4v) is 0.539. The van der Waals surface area contributed by atoms with Gasteiger partial charge in [0.15, 0.2) is 6.33 Å². The average Bonchev–Trinajstić information content (AvgIpc) is 2.38. The molecule has 56 valence electrons. The predicted molar refractivity (Wildman–Crippen MR) is 34.4 cm³/mol. The standard InChI is InChI=1S/C6H10N2O2/c1-6(2,3-9)5-7-4-8-10-5/h4,9H,3H2,1-2H3. The lowest BCUT2D eigenvalue weighted by molar-refractivity contribution is 0.182. The Morgan fingerprint density at radius 3 is 2.80 bits per heavy atom. The first-order chi connectivity index (χ1) is 4.67. The van der Waals surface area contributed by atoms with Gasteiger partial charge >= 0.3 is 0 Å². The van der Waals surface area contributed by atoms with Crippen LogP contribution < -0.4 is 0 Å². The highest BCUT2D eigenvalue weighted by Gasteiger charge is 2.24. The van der Waals surface area contributed by atoms with Gasteiger partial charge in [-0.1, -0.05) is 5.16 Å². The van der Waals surface area contributed by atoms with E-state index >= 15 is 0 Å². The molecule has 0 radical (unpaired) electrons. The Morgan fingerprint density at radius 2 is 2.40 bits per heavy atom. The highest BCUT2D eigenvalue weighted by atomic mass is 16.5. The molecule has 0 saturated heterocycles. The molecule has 1 rings (SSSR count). The van der Waals surface area contributed by atoms with Crippen molar-refractivity contribution in [2.45, 2.75) is 19.3 Å². The number of nitrogens with zero attached hydrogens (tertiary/aromatic N) is 2. The van der Waals surface area contributed by atoms with Crippen molar-refractivity contribution in [3.05, 3.63) is 12.2 Å². The van der Waals surface area contributed by atoms with Gasteiger partial charge in [0, 0.05) is 0 Å². The van der Waals surface area contributed by atoms with Crippen LogP contribution in [0.5, 0.6) is 0 Å². The smallest absolute Gasteiger partial charge is 0.234 e. The summed E-state index contributed by atoms with van der Waals surface area (Å²) in [6, 6.07) is 0. The molecule has 0 atom stereocenters. The molecule has 1 heterocycles. The zero-order chi connectivity index (χ0) is 7.61. The summed E-state index contributed by atoms with van der Waals surface area (Å²) in [4.78, 5) is 3.82. The molecular formula is C6H10N2O2. The molecule has 0 aliphatic heterocycles. The molecule has 0 amide bonds.